The van der Waals surface area contributed by atoms with Crippen LogP contribution in [0.3, 0.4) is 0 Å². The zero-order valence-electron chi connectivity index (χ0n) is 18.1. The smallest absolute Gasteiger partial charge is 0.237 e. The number of nitrogens with one attached hydrogen (secondary N) is 2. The number of hydrogen-bond donors (Lipinski definition) is 2. The van der Waals surface area contributed by atoms with E-state index >= 15 is 0 Å². The molecule has 0 bridgehead atoms. The van der Waals surface area contributed by atoms with Crippen molar-refractivity contribution >= 4 is 15.7 Å². The topological polar surface area (TPSA) is 61.4 Å². The summed E-state index contributed by atoms with van der Waals surface area (Å²) in [6.45, 7) is 5.66. The van der Waals surface area contributed by atoms with Crippen LogP contribution in [0.5, 0.6) is 0 Å². The number of benzene rings is 2. The number of rotatable bonds is 7. The van der Waals surface area contributed by atoms with Crippen LogP contribution in [0.1, 0.15) is 44.6 Å². The molecule has 1 heterocycles. The molecule has 4 rings (SSSR count). The van der Waals surface area contributed by atoms with Gasteiger partial charge in [-0.15, -0.1) is 0 Å². The molecule has 162 valence electrons. The van der Waals surface area contributed by atoms with Crippen LogP contribution in [0.25, 0.3) is 11.1 Å². The summed E-state index contributed by atoms with van der Waals surface area (Å²) in [6.07, 6.45) is 3.66. The van der Waals surface area contributed by atoms with Gasteiger partial charge in [0.05, 0.1) is 10.9 Å². The van der Waals surface area contributed by atoms with E-state index in [0.29, 0.717) is 23.7 Å². The molecular weight excluding hydrogens is 394 g/mol. The predicted molar refractivity (Wildman–Crippen MR) is 125 cm³/mol. The van der Waals surface area contributed by atoms with E-state index in [4.69, 9.17) is 0 Å². The summed E-state index contributed by atoms with van der Waals surface area (Å²) in [7, 11) is -1.71. The van der Waals surface area contributed by atoms with E-state index in [1.54, 1.807) is 20.9 Å². The fourth-order valence-electron chi connectivity index (χ4n) is 4.31. The Hall–Kier alpha value is -1.89. The fourth-order valence-corrected chi connectivity index (χ4v) is 5.35. The van der Waals surface area contributed by atoms with Crippen molar-refractivity contribution < 1.29 is 8.42 Å². The number of anilines is 1. The van der Waals surface area contributed by atoms with E-state index in [9.17, 15) is 8.42 Å². The zero-order chi connectivity index (χ0) is 21.3. The number of piperidine rings is 1. The van der Waals surface area contributed by atoms with Gasteiger partial charge in [-0.2, -0.15) is 0 Å². The molecule has 30 heavy (non-hydrogen) atoms. The summed E-state index contributed by atoms with van der Waals surface area (Å²) < 4.78 is 26.4. The average molecular weight is 428 g/mol. The highest BCUT2D eigenvalue weighted by atomic mass is 32.2. The molecule has 2 fully saturated rings. The Balaban J connectivity index is 1.43. The van der Waals surface area contributed by atoms with Gasteiger partial charge in [-0.05, 0) is 75.0 Å². The lowest BCUT2D eigenvalue weighted by Gasteiger charge is -2.24. The van der Waals surface area contributed by atoms with E-state index in [-0.39, 0.29) is 0 Å². The maximum Gasteiger partial charge on any atom is 0.237 e. The Morgan fingerprint density at radius 1 is 1.03 bits per heavy atom. The fraction of sp³-hybridized carbons (Fsp3) is 0.500. The maximum atomic E-state index is 12.5. The molecule has 2 aromatic carbocycles. The Bertz CT molecular complexity index is 966. The molecule has 1 saturated heterocycles. The molecule has 2 aromatic rings. The quantitative estimate of drug-likeness (QED) is 0.707. The molecule has 5 nitrogen and oxygen atoms in total. The van der Waals surface area contributed by atoms with E-state index in [1.165, 1.54) is 29.1 Å². The third-order valence-electron chi connectivity index (χ3n) is 6.44. The second-order valence-corrected chi connectivity index (χ2v) is 11.4. The van der Waals surface area contributed by atoms with Gasteiger partial charge in [0.25, 0.3) is 0 Å². The Morgan fingerprint density at radius 2 is 1.73 bits per heavy atom. The van der Waals surface area contributed by atoms with Gasteiger partial charge in [0.15, 0.2) is 0 Å². The van der Waals surface area contributed by atoms with Gasteiger partial charge in [0, 0.05) is 25.0 Å². The van der Waals surface area contributed by atoms with E-state index in [2.05, 4.69) is 34.9 Å². The van der Waals surface area contributed by atoms with Crippen LogP contribution in [0.15, 0.2) is 48.5 Å². The summed E-state index contributed by atoms with van der Waals surface area (Å²) in [5.41, 5.74) is 4.23. The molecule has 2 atom stereocenters. The van der Waals surface area contributed by atoms with Gasteiger partial charge in [0.2, 0.25) is 10.0 Å². The molecule has 2 aliphatic rings. The van der Waals surface area contributed by atoms with Crippen molar-refractivity contribution in [2.45, 2.75) is 56.4 Å². The summed E-state index contributed by atoms with van der Waals surface area (Å²) in [5, 5.41) is 6.80. The van der Waals surface area contributed by atoms with E-state index in [1.807, 2.05) is 24.3 Å². The lowest BCUT2D eigenvalue weighted by molar-refractivity contribution is 0.383. The van der Waals surface area contributed by atoms with E-state index < -0.39 is 15.3 Å². The number of sulfonamides is 1. The van der Waals surface area contributed by atoms with Gasteiger partial charge in [-0.1, -0.05) is 36.4 Å². The van der Waals surface area contributed by atoms with E-state index in [0.717, 1.165) is 24.2 Å². The molecule has 0 unspecified atom stereocenters. The van der Waals surface area contributed by atoms with Crippen LogP contribution in [0.4, 0.5) is 5.69 Å². The first-order valence-electron chi connectivity index (χ1n) is 11.0. The molecule has 1 aliphatic heterocycles. The minimum atomic E-state index is -3.33. The minimum Gasteiger partial charge on any atom is -0.317 e. The maximum absolute atomic E-state index is 12.5. The van der Waals surface area contributed by atoms with Crippen molar-refractivity contribution in [3.63, 3.8) is 0 Å². The first-order chi connectivity index (χ1) is 14.4. The van der Waals surface area contributed by atoms with Crippen LogP contribution < -0.4 is 14.9 Å². The normalized spacial score (nSPS) is 22.3. The van der Waals surface area contributed by atoms with Crippen LogP contribution in [-0.4, -0.2) is 45.9 Å². The summed E-state index contributed by atoms with van der Waals surface area (Å²) in [6, 6.07) is 17.8. The second-order valence-electron chi connectivity index (χ2n) is 8.87. The summed E-state index contributed by atoms with van der Waals surface area (Å²) in [4.78, 5) is 0. The van der Waals surface area contributed by atoms with Crippen LogP contribution in [-0.2, 0) is 10.0 Å². The van der Waals surface area contributed by atoms with Gasteiger partial charge in [-0.25, -0.2) is 8.42 Å². The van der Waals surface area contributed by atoms with Gasteiger partial charge >= 0.3 is 0 Å². The summed E-state index contributed by atoms with van der Waals surface area (Å²) >= 11 is 0. The van der Waals surface area contributed by atoms with Gasteiger partial charge in [0.1, 0.15) is 0 Å². The highest BCUT2D eigenvalue weighted by molar-refractivity contribution is 7.93. The van der Waals surface area contributed by atoms with Crippen LogP contribution >= 0.6 is 0 Å². The first kappa shape index (κ1) is 21.3. The second kappa shape index (κ2) is 8.69. The Kier molecular flexibility index (Phi) is 6.19. The molecule has 0 aromatic heterocycles. The van der Waals surface area contributed by atoms with Crippen molar-refractivity contribution in [3.8, 4) is 11.1 Å². The monoisotopic (exact) mass is 427 g/mol. The van der Waals surface area contributed by atoms with Crippen molar-refractivity contribution in [1.82, 2.24) is 10.6 Å². The SMILES string of the molecule is CC(C)S(=O)(=O)N(C)c1cccc(-c2ccc([C@H]3C[C@@H]3NC3CCNCC3)cc2)c1. The third-order valence-corrected chi connectivity index (χ3v) is 8.60. The summed E-state index contributed by atoms with van der Waals surface area (Å²) in [5.74, 6) is 0.614. The molecule has 0 radical (unpaired) electrons. The minimum absolute atomic E-state index is 0.449. The number of nitrogens with zero attached hydrogens (tertiary/aromatic N) is 1. The molecular formula is C24H33N3O2S. The van der Waals surface area contributed by atoms with Gasteiger partial charge < -0.3 is 10.6 Å². The van der Waals surface area contributed by atoms with Crippen molar-refractivity contribution in [3.05, 3.63) is 54.1 Å². The van der Waals surface area contributed by atoms with Crippen LogP contribution in [0, 0.1) is 0 Å². The van der Waals surface area contributed by atoms with Crippen molar-refractivity contribution in [2.75, 3.05) is 24.4 Å². The highest BCUT2D eigenvalue weighted by Crippen LogP contribution is 2.42. The molecule has 0 spiro atoms. The molecule has 1 saturated carbocycles. The molecule has 2 N–H and O–H groups in total. The van der Waals surface area contributed by atoms with Gasteiger partial charge in [-0.3, -0.25) is 4.31 Å². The largest absolute Gasteiger partial charge is 0.317 e. The lowest BCUT2D eigenvalue weighted by atomic mass is 10.0. The average Bonchev–Trinajstić information content (AvgIpc) is 3.53. The Morgan fingerprint density at radius 3 is 2.40 bits per heavy atom. The van der Waals surface area contributed by atoms with Crippen molar-refractivity contribution in [1.29, 1.82) is 0 Å². The first-order valence-corrected chi connectivity index (χ1v) is 12.5. The molecule has 0 amide bonds. The molecule has 6 heteroatoms. The standard InChI is InChI=1S/C24H33N3O2S/c1-17(2)30(28,29)27(3)22-6-4-5-20(15-22)18-7-9-19(10-8-18)23-16-24(23)26-21-11-13-25-14-12-21/h4-10,15,17,21,23-26H,11-14,16H2,1-3H3/t23-,24+/m1/s1. The lowest BCUT2D eigenvalue weighted by Crippen LogP contribution is -2.41. The van der Waals surface area contributed by atoms with Crippen molar-refractivity contribution in [2.24, 2.45) is 0 Å². The van der Waals surface area contributed by atoms with Crippen LogP contribution in [0.2, 0.25) is 0 Å². The predicted octanol–water partition coefficient (Wildman–Crippen LogP) is 3.73. The third kappa shape index (κ3) is 4.56. The Labute approximate surface area is 180 Å². The highest BCUT2D eigenvalue weighted by Gasteiger charge is 2.39. The zero-order valence-corrected chi connectivity index (χ0v) is 19.0. The number of hydrogen-bond acceptors (Lipinski definition) is 4. The molecule has 1 aliphatic carbocycles.